The molecule has 0 unspecified atom stereocenters. The van der Waals surface area contributed by atoms with Gasteiger partial charge in [0.15, 0.2) is 0 Å². The smallest absolute Gasteiger partial charge is 0.255 e. The lowest BCUT2D eigenvalue weighted by atomic mass is 10.1. The van der Waals surface area contributed by atoms with Crippen LogP contribution >= 0.6 is 0 Å². The van der Waals surface area contributed by atoms with E-state index in [-0.39, 0.29) is 17.9 Å². The van der Waals surface area contributed by atoms with Crippen molar-refractivity contribution in [1.82, 2.24) is 5.32 Å². The van der Waals surface area contributed by atoms with Crippen LogP contribution in [-0.2, 0) is 0 Å². The van der Waals surface area contributed by atoms with Crippen LogP contribution < -0.4 is 15.4 Å². The number of rotatable bonds is 5. The average molecular weight is 326 g/mol. The van der Waals surface area contributed by atoms with Gasteiger partial charge in [0.1, 0.15) is 5.75 Å². The number of ether oxygens (including phenoxy) is 1. The number of aryl methyl sites for hydroxylation is 1. The second-order valence-electron chi connectivity index (χ2n) is 5.87. The van der Waals surface area contributed by atoms with Crippen molar-refractivity contribution in [3.05, 3.63) is 59.2 Å². The van der Waals surface area contributed by atoms with Gasteiger partial charge in [-0.1, -0.05) is 12.1 Å². The van der Waals surface area contributed by atoms with Crippen LogP contribution in [0.4, 0.5) is 5.69 Å². The van der Waals surface area contributed by atoms with Gasteiger partial charge in [-0.15, -0.1) is 0 Å². The van der Waals surface area contributed by atoms with Crippen LogP contribution in [0.2, 0.25) is 0 Å². The zero-order valence-electron chi connectivity index (χ0n) is 14.3. The van der Waals surface area contributed by atoms with Crippen LogP contribution in [0.15, 0.2) is 42.5 Å². The molecule has 2 N–H and O–H groups in total. The molecule has 0 radical (unpaired) electrons. The summed E-state index contributed by atoms with van der Waals surface area (Å²) in [6, 6.07) is 12.2. The van der Waals surface area contributed by atoms with E-state index in [4.69, 9.17) is 4.74 Å². The van der Waals surface area contributed by atoms with E-state index >= 15 is 0 Å². The molecular weight excluding hydrogens is 304 g/mol. The molecule has 126 valence electrons. The minimum absolute atomic E-state index is 0.0338. The molecule has 0 fully saturated rings. The highest BCUT2D eigenvalue weighted by molar-refractivity contribution is 6.06. The second kappa shape index (κ2) is 7.64. The molecule has 2 aromatic carbocycles. The number of benzene rings is 2. The van der Waals surface area contributed by atoms with Gasteiger partial charge in [-0.25, -0.2) is 0 Å². The van der Waals surface area contributed by atoms with Gasteiger partial charge < -0.3 is 15.4 Å². The Kier molecular flexibility index (Phi) is 5.58. The summed E-state index contributed by atoms with van der Waals surface area (Å²) in [5.74, 6) is 0.0912. The van der Waals surface area contributed by atoms with Gasteiger partial charge in [0, 0.05) is 17.2 Å². The summed E-state index contributed by atoms with van der Waals surface area (Å²) in [6.45, 7) is 5.71. The quantitative estimate of drug-likeness (QED) is 0.885. The normalized spacial score (nSPS) is 10.4. The minimum atomic E-state index is -0.293. The largest absolute Gasteiger partial charge is 0.495 e. The molecule has 2 rings (SSSR count). The third-order valence-corrected chi connectivity index (χ3v) is 3.41. The van der Waals surface area contributed by atoms with Crippen molar-refractivity contribution < 1.29 is 14.3 Å². The Labute approximate surface area is 142 Å². The van der Waals surface area contributed by atoms with Crippen molar-refractivity contribution in [3.63, 3.8) is 0 Å². The predicted octanol–water partition coefficient (Wildman–Crippen LogP) is 3.39. The van der Waals surface area contributed by atoms with Crippen LogP contribution in [0.3, 0.4) is 0 Å². The Balaban J connectivity index is 2.22. The molecule has 0 heterocycles. The van der Waals surface area contributed by atoms with Crippen molar-refractivity contribution in [2.24, 2.45) is 0 Å². The Morgan fingerprint density at radius 3 is 2.29 bits per heavy atom. The Morgan fingerprint density at radius 1 is 1.00 bits per heavy atom. The Hall–Kier alpha value is -2.82. The van der Waals surface area contributed by atoms with Crippen molar-refractivity contribution in [2.75, 3.05) is 12.4 Å². The number of hydrogen-bond donors (Lipinski definition) is 2. The third-order valence-electron chi connectivity index (χ3n) is 3.41. The van der Waals surface area contributed by atoms with E-state index in [1.54, 1.807) is 37.4 Å². The first-order valence-electron chi connectivity index (χ1n) is 7.77. The topological polar surface area (TPSA) is 67.4 Å². The van der Waals surface area contributed by atoms with Crippen molar-refractivity contribution >= 4 is 17.5 Å². The van der Waals surface area contributed by atoms with Gasteiger partial charge in [-0.2, -0.15) is 0 Å². The van der Waals surface area contributed by atoms with Crippen LogP contribution in [0, 0.1) is 6.92 Å². The Bertz CT molecular complexity index is 754. The molecule has 0 atom stereocenters. The number of anilines is 1. The number of methoxy groups -OCH3 is 1. The molecule has 0 spiro atoms. The number of hydrogen-bond acceptors (Lipinski definition) is 3. The zero-order valence-corrected chi connectivity index (χ0v) is 14.3. The van der Waals surface area contributed by atoms with Crippen LogP contribution in [0.5, 0.6) is 5.75 Å². The molecule has 2 aromatic rings. The molecular formula is C19H22N2O3. The third kappa shape index (κ3) is 4.35. The first-order valence-corrected chi connectivity index (χ1v) is 7.77. The van der Waals surface area contributed by atoms with Crippen molar-refractivity contribution in [3.8, 4) is 5.75 Å². The van der Waals surface area contributed by atoms with Gasteiger partial charge in [0.05, 0.1) is 12.8 Å². The molecule has 0 saturated heterocycles. The van der Waals surface area contributed by atoms with E-state index < -0.39 is 0 Å². The van der Waals surface area contributed by atoms with E-state index in [0.29, 0.717) is 22.6 Å². The number of carbonyl (C=O) groups is 2. The standard InChI is InChI=1S/C19H22N2O3/c1-12(2)20-18(22)14-6-5-7-15(11-14)19(23)21-16-10-13(3)8-9-17(16)24-4/h5-12H,1-4H3,(H,20,22)(H,21,23). The molecule has 24 heavy (non-hydrogen) atoms. The van der Waals surface area contributed by atoms with E-state index in [2.05, 4.69) is 10.6 Å². The first-order chi connectivity index (χ1) is 11.4. The molecule has 5 heteroatoms. The monoisotopic (exact) mass is 326 g/mol. The van der Waals surface area contributed by atoms with Crippen LogP contribution in [0.25, 0.3) is 0 Å². The number of carbonyl (C=O) groups excluding carboxylic acids is 2. The van der Waals surface area contributed by atoms with Gasteiger partial charge >= 0.3 is 0 Å². The van der Waals surface area contributed by atoms with Gasteiger partial charge in [-0.05, 0) is 56.7 Å². The highest BCUT2D eigenvalue weighted by Gasteiger charge is 2.13. The zero-order chi connectivity index (χ0) is 17.7. The maximum Gasteiger partial charge on any atom is 0.255 e. The van der Waals surface area contributed by atoms with Gasteiger partial charge in [0.2, 0.25) is 0 Å². The number of amides is 2. The average Bonchev–Trinajstić information content (AvgIpc) is 2.54. The molecule has 5 nitrogen and oxygen atoms in total. The molecule has 0 aliphatic heterocycles. The summed E-state index contributed by atoms with van der Waals surface area (Å²) < 4.78 is 5.26. The molecule has 2 amide bonds. The van der Waals surface area contributed by atoms with E-state index in [1.807, 2.05) is 32.9 Å². The summed E-state index contributed by atoms with van der Waals surface area (Å²) in [6.07, 6.45) is 0. The predicted molar refractivity (Wildman–Crippen MR) is 94.7 cm³/mol. The maximum absolute atomic E-state index is 12.5. The summed E-state index contributed by atoms with van der Waals surface area (Å²) in [7, 11) is 1.55. The lowest BCUT2D eigenvalue weighted by molar-refractivity contribution is 0.0943. The molecule has 0 saturated carbocycles. The summed E-state index contributed by atoms with van der Waals surface area (Å²) in [4.78, 5) is 24.6. The Morgan fingerprint density at radius 2 is 1.67 bits per heavy atom. The minimum Gasteiger partial charge on any atom is -0.495 e. The molecule has 0 aromatic heterocycles. The van der Waals surface area contributed by atoms with Gasteiger partial charge in [0.25, 0.3) is 11.8 Å². The van der Waals surface area contributed by atoms with Crippen molar-refractivity contribution in [1.29, 1.82) is 0 Å². The van der Waals surface area contributed by atoms with Crippen molar-refractivity contribution in [2.45, 2.75) is 26.8 Å². The fraction of sp³-hybridized carbons (Fsp3) is 0.263. The van der Waals surface area contributed by atoms with Gasteiger partial charge in [-0.3, -0.25) is 9.59 Å². The van der Waals surface area contributed by atoms with Crippen LogP contribution in [-0.4, -0.2) is 25.0 Å². The molecule has 0 bridgehead atoms. The summed E-state index contributed by atoms with van der Waals surface area (Å²) in [5, 5.41) is 5.64. The fourth-order valence-electron chi connectivity index (χ4n) is 2.26. The first kappa shape index (κ1) is 17.5. The summed E-state index contributed by atoms with van der Waals surface area (Å²) >= 11 is 0. The maximum atomic E-state index is 12.5. The SMILES string of the molecule is COc1ccc(C)cc1NC(=O)c1cccc(C(=O)NC(C)C)c1. The molecule has 0 aliphatic rings. The van der Waals surface area contributed by atoms with E-state index in [1.165, 1.54) is 0 Å². The fourth-order valence-corrected chi connectivity index (χ4v) is 2.26. The highest BCUT2D eigenvalue weighted by atomic mass is 16.5. The highest BCUT2D eigenvalue weighted by Crippen LogP contribution is 2.25. The lowest BCUT2D eigenvalue weighted by Crippen LogP contribution is -2.30. The van der Waals surface area contributed by atoms with E-state index in [9.17, 15) is 9.59 Å². The van der Waals surface area contributed by atoms with Crippen LogP contribution in [0.1, 0.15) is 40.1 Å². The van der Waals surface area contributed by atoms with E-state index in [0.717, 1.165) is 5.56 Å². The number of nitrogens with one attached hydrogen (secondary N) is 2. The summed E-state index contributed by atoms with van der Waals surface area (Å²) in [5.41, 5.74) is 2.47. The second-order valence-corrected chi connectivity index (χ2v) is 5.87. The molecule has 0 aliphatic carbocycles. The lowest BCUT2D eigenvalue weighted by Gasteiger charge is -2.12.